The quantitative estimate of drug-likeness (QED) is 0.435. The Morgan fingerprint density at radius 2 is 1.94 bits per heavy atom. The van der Waals surface area contributed by atoms with Gasteiger partial charge in [-0.3, -0.25) is 19.5 Å². The first-order valence-corrected chi connectivity index (χ1v) is 10.3. The van der Waals surface area contributed by atoms with Gasteiger partial charge in [0.2, 0.25) is 0 Å². The van der Waals surface area contributed by atoms with Crippen molar-refractivity contribution in [1.29, 1.82) is 0 Å². The maximum atomic E-state index is 13.0. The molecule has 2 aliphatic rings. The van der Waals surface area contributed by atoms with E-state index in [2.05, 4.69) is 19.9 Å². The summed E-state index contributed by atoms with van der Waals surface area (Å²) in [5.41, 5.74) is 1.40. The van der Waals surface area contributed by atoms with Crippen LogP contribution in [0.25, 0.3) is 5.76 Å². The summed E-state index contributed by atoms with van der Waals surface area (Å²) in [5.74, 6) is -1.09. The molecule has 0 spiro atoms. The predicted molar refractivity (Wildman–Crippen MR) is 112 cm³/mol. The van der Waals surface area contributed by atoms with Crippen LogP contribution >= 0.6 is 0 Å². The lowest BCUT2D eigenvalue weighted by atomic mass is 9.98. The van der Waals surface area contributed by atoms with E-state index in [4.69, 9.17) is 4.74 Å². The number of nitrogens with zero attached hydrogens (tertiary/aromatic N) is 5. The largest absolute Gasteiger partial charge is 0.507 e. The maximum Gasteiger partial charge on any atom is 0.295 e. The van der Waals surface area contributed by atoms with E-state index in [9.17, 15) is 14.7 Å². The van der Waals surface area contributed by atoms with Gasteiger partial charge < -0.3 is 14.7 Å². The van der Waals surface area contributed by atoms with Crippen molar-refractivity contribution in [2.45, 2.75) is 19.9 Å². The number of morpholine rings is 1. The number of carbonyl (C=O) groups is 2. The zero-order chi connectivity index (χ0) is 22.0. The van der Waals surface area contributed by atoms with Crippen molar-refractivity contribution in [2.75, 3.05) is 39.4 Å². The molecule has 9 heteroatoms. The van der Waals surface area contributed by atoms with Gasteiger partial charge in [0.1, 0.15) is 17.6 Å². The Balaban J connectivity index is 1.74. The van der Waals surface area contributed by atoms with E-state index in [1.807, 2.05) is 0 Å². The van der Waals surface area contributed by atoms with E-state index in [-0.39, 0.29) is 11.3 Å². The third-order valence-corrected chi connectivity index (χ3v) is 5.62. The fourth-order valence-corrected chi connectivity index (χ4v) is 3.99. The number of Topliss-reactive ketones (excluding diaryl/α,β-unsaturated/α-hetero) is 1. The minimum Gasteiger partial charge on any atom is -0.507 e. The van der Waals surface area contributed by atoms with Crippen LogP contribution in [-0.4, -0.2) is 80.9 Å². The summed E-state index contributed by atoms with van der Waals surface area (Å²) in [7, 11) is 0. The third kappa shape index (κ3) is 4.19. The van der Waals surface area contributed by atoms with Crippen LogP contribution in [0.2, 0.25) is 0 Å². The standard InChI is InChI=1S/C22H25N5O4/c1-14-16(13-24-15(2)25-14)20(28)18-19(17-5-3-4-6-23-17)27(22(30)21(18)29)8-7-26-9-11-31-12-10-26/h3-6,13,19,28H,7-12H2,1-2H3/t19-/m1/s1. The van der Waals surface area contributed by atoms with Crippen LogP contribution in [0.3, 0.4) is 0 Å². The summed E-state index contributed by atoms with van der Waals surface area (Å²) in [6.07, 6.45) is 3.08. The Bertz CT molecular complexity index is 1020. The fourth-order valence-electron chi connectivity index (χ4n) is 3.99. The maximum absolute atomic E-state index is 13.0. The van der Waals surface area contributed by atoms with Crippen molar-refractivity contribution in [3.05, 3.63) is 58.9 Å². The van der Waals surface area contributed by atoms with Crippen LogP contribution in [0.4, 0.5) is 0 Å². The monoisotopic (exact) mass is 423 g/mol. The number of hydrogen-bond acceptors (Lipinski definition) is 8. The second-order valence-corrected chi connectivity index (χ2v) is 7.62. The van der Waals surface area contributed by atoms with Gasteiger partial charge in [0.25, 0.3) is 11.7 Å². The second-order valence-electron chi connectivity index (χ2n) is 7.62. The molecule has 2 aliphatic heterocycles. The van der Waals surface area contributed by atoms with Gasteiger partial charge in [0, 0.05) is 38.6 Å². The van der Waals surface area contributed by atoms with Gasteiger partial charge in [-0.25, -0.2) is 9.97 Å². The lowest BCUT2D eigenvalue weighted by Crippen LogP contribution is -2.42. The molecule has 2 aromatic heterocycles. The topological polar surface area (TPSA) is 109 Å². The lowest BCUT2D eigenvalue weighted by molar-refractivity contribution is -0.140. The molecule has 2 aromatic rings. The molecule has 9 nitrogen and oxygen atoms in total. The van der Waals surface area contributed by atoms with Gasteiger partial charge in [-0.15, -0.1) is 0 Å². The number of aryl methyl sites for hydroxylation is 2. The van der Waals surface area contributed by atoms with Crippen LogP contribution in [0.1, 0.15) is 28.8 Å². The molecule has 0 unspecified atom stereocenters. The van der Waals surface area contributed by atoms with Gasteiger partial charge in [-0.05, 0) is 26.0 Å². The minimum absolute atomic E-state index is 0.0150. The molecule has 0 aliphatic carbocycles. The number of ether oxygens (including phenoxy) is 1. The Morgan fingerprint density at radius 3 is 2.61 bits per heavy atom. The average molecular weight is 423 g/mol. The average Bonchev–Trinajstić information content (AvgIpc) is 3.03. The molecule has 31 heavy (non-hydrogen) atoms. The van der Waals surface area contributed by atoms with E-state index in [1.165, 1.54) is 11.1 Å². The Hall–Kier alpha value is -3.17. The first-order chi connectivity index (χ1) is 15.0. The number of aliphatic hydroxyl groups excluding tert-OH is 1. The van der Waals surface area contributed by atoms with E-state index in [0.29, 0.717) is 49.1 Å². The molecule has 2 saturated heterocycles. The molecular formula is C22H25N5O4. The molecule has 1 amide bonds. The van der Waals surface area contributed by atoms with Gasteiger partial charge in [-0.1, -0.05) is 6.07 Å². The van der Waals surface area contributed by atoms with Gasteiger partial charge in [0.15, 0.2) is 0 Å². The number of hydrogen-bond donors (Lipinski definition) is 1. The minimum atomic E-state index is -0.775. The number of pyridine rings is 1. The molecule has 4 rings (SSSR count). The van der Waals surface area contributed by atoms with Crippen molar-refractivity contribution >= 4 is 17.4 Å². The van der Waals surface area contributed by atoms with Gasteiger partial charge >= 0.3 is 0 Å². The number of rotatable bonds is 5. The Labute approximate surface area is 180 Å². The van der Waals surface area contributed by atoms with Crippen molar-refractivity contribution in [2.24, 2.45) is 0 Å². The summed E-state index contributed by atoms with van der Waals surface area (Å²) in [5, 5.41) is 11.1. The first kappa shape index (κ1) is 21.1. The molecule has 1 N–H and O–H groups in total. The normalized spacial score (nSPS) is 21.6. The number of aliphatic hydroxyl groups is 1. The van der Waals surface area contributed by atoms with Crippen LogP contribution in [-0.2, 0) is 14.3 Å². The highest BCUT2D eigenvalue weighted by molar-refractivity contribution is 6.46. The molecule has 2 fully saturated rings. The number of carbonyl (C=O) groups excluding carboxylic acids is 2. The van der Waals surface area contributed by atoms with Crippen LogP contribution < -0.4 is 0 Å². The lowest BCUT2D eigenvalue weighted by Gasteiger charge is -2.30. The first-order valence-electron chi connectivity index (χ1n) is 10.3. The van der Waals surface area contributed by atoms with Crippen molar-refractivity contribution < 1.29 is 19.4 Å². The second kappa shape index (κ2) is 8.91. The molecule has 0 saturated carbocycles. The number of ketones is 1. The summed E-state index contributed by atoms with van der Waals surface area (Å²) in [6, 6.07) is 4.54. The zero-order valence-corrected chi connectivity index (χ0v) is 17.6. The molecule has 1 atom stereocenters. The Kier molecular flexibility index (Phi) is 6.06. The molecular weight excluding hydrogens is 398 g/mol. The smallest absolute Gasteiger partial charge is 0.295 e. The molecule has 4 heterocycles. The van der Waals surface area contributed by atoms with Crippen LogP contribution in [0.15, 0.2) is 36.2 Å². The van der Waals surface area contributed by atoms with E-state index in [1.54, 1.807) is 38.2 Å². The number of aromatic nitrogens is 3. The SMILES string of the molecule is Cc1ncc(C(O)=C2C(=O)C(=O)N(CCN3CCOCC3)[C@@H]2c2ccccn2)c(C)n1. The highest BCUT2D eigenvalue weighted by Crippen LogP contribution is 2.38. The molecule has 0 aromatic carbocycles. The van der Waals surface area contributed by atoms with Crippen molar-refractivity contribution in [1.82, 2.24) is 24.8 Å². The van der Waals surface area contributed by atoms with Crippen molar-refractivity contribution in [3.8, 4) is 0 Å². The van der Waals surface area contributed by atoms with Crippen LogP contribution in [0.5, 0.6) is 0 Å². The summed E-state index contributed by atoms with van der Waals surface area (Å²) >= 11 is 0. The van der Waals surface area contributed by atoms with Crippen LogP contribution in [0, 0.1) is 13.8 Å². The summed E-state index contributed by atoms with van der Waals surface area (Å²) in [4.78, 5) is 42.5. The molecule has 162 valence electrons. The number of likely N-dealkylation sites (tertiary alicyclic amines) is 1. The molecule has 0 radical (unpaired) electrons. The van der Waals surface area contributed by atoms with E-state index >= 15 is 0 Å². The third-order valence-electron chi connectivity index (χ3n) is 5.62. The highest BCUT2D eigenvalue weighted by atomic mass is 16.5. The summed E-state index contributed by atoms with van der Waals surface area (Å²) < 4.78 is 5.38. The highest BCUT2D eigenvalue weighted by Gasteiger charge is 2.46. The summed E-state index contributed by atoms with van der Waals surface area (Å²) in [6.45, 7) is 7.27. The molecule has 0 bridgehead atoms. The number of amides is 1. The predicted octanol–water partition coefficient (Wildman–Crippen LogP) is 1.24. The van der Waals surface area contributed by atoms with Gasteiger partial charge in [-0.2, -0.15) is 0 Å². The van der Waals surface area contributed by atoms with Crippen molar-refractivity contribution in [3.63, 3.8) is 0 Å². The zero-order valence-electron chi connectivity index (χ0n) is 17.6. The Morgan fingerprint density at radius 1 is 1.16 bits per heavy atom. The van der Waals surface area contributed by atoms with E-state index < -0.39 is 17.7 Å². The van der Waals surface area contributed by atoms with E-state index in [0.717, 1.165) is 13.1 Å². The fraction of sp³-hybridized carbons (Fsp3) is 0.409. The van der Waals surface area contributed by atoms with Gasteiger partial charge in [0.05, 0.1) is 35.7 Å².